The molecule has 2 rings (SSSR count). The van der Waals surface area contributed by atoms with Gasteiger partial charge in [-0.2, -0.15) is 0 Å². The number of benzene rings is 1. The van der Waals surface area contributed by atoms with Crippen molar-refractivity contribution in [3.05, 3.63) is 34.9 Å². The van der Waals surface area contributed by atoms with Crippen LogP contribution in [-0.2, 0) is 16.0 Å². The Bertz CT molecular complexity index is 444. The maximum atomic E-state index is 11.6. The average molecular weight is 253 g/mol. The lowest BCUT2D eigenvalue weighted by Gasteiger charge is -2.13. The number of amides is 2. The highest BCUT2D eigenvalue weighted by Crippen LogP contribution is 2.14. The monoisotopic (exact) mass is 252 g/mol. The van der Waals surface area contributed by atoms with Crippen LogP contribution in [0.5, 0.6) is 0 Å². The molecule has 0 aliphatic carbocycles. The van der Waals surface area contributed by atoms with Crippen LogP contribution in [0.15, 0.2) is 24.3 Å². The Hall–Kier alpha value is -1.39. The highest BCUT2D eigenvalue weighted by molar-refractivity contribution is 6.30. The van der Waals surface area contributed by atoms with Crippen LogP contribution in [0.4, 0.5) is 0 Å². The molecule has 90 valence electrons. The second kappa shape index (κ2) is 4.85. The molecular weight excluding hydrogens is 240 g/mol. The normalized spacial score (nSPS) is 20.1. The van der Waals surface area contributed by atoms with Gasteiger partial charge in [0.2, 0.25) is 11.8 Å². The molecule has 1 aromatic rings. The predicted octanol–water partition coefficient (Wildman–Crippen LogP) is 0.969. The second-order valence-electron chi connectivity index (χ2n) is 4.07. The third-order valence-corrected chi connectivity index (χ3v) is 3.07. The second-order valence-corrected chi connectivity index (χ2v) is 4.51. The summed E-state index contributed by atoms with van der Waals surface area (Å²) in [7, 11) is 0. The zero-order valence-electron chi connectivity index (χ0n) is 9.23. The number of rotatable bonds is 3. The molecule has 0 bridgehead atoms. The summed E-state index contributed by atoms with van der Waals surface area (Å²) in [5.74, 6) is -0.458. The van der Waals surface area contributed by atoms with E-state index in [-0.39, 0.29) is 18.2 Å². The summed E-state index contributed by atoms with van der Waals surface area (Å²) in [5.41, 5.74) is 6.56. The molecule has 2 amide bonds. The number of carbonyl (C=O) groups excluding carboxylic acids is 2. The lowest BCUT2D eigenvalue weighted by molar-refractivity contribution is -0.138. The van der Waals surface area contributed by atoms with Crippen LogP contribution >= 0.6 is 11.6 Å². The number of nitrogens with zero attached hydrogens (tertiary/aromatic N) is 1. The van der Waals surface area contributed by atoms with Crippen molar-refractivity contribution in [2.24, 2.45) is 5.73 Å². The van der Waals surface area contributed by atoms with E-state index in [2.05, 4.69) is 0 Å². The van der Waals surface area contributed by atoms with Crippen LogP contribution in [0.1, 0.15) is 12.0 Å². The van der Waals surface area contributed by atoms with Gasteiger partial charge in [0.25, 0.3) is 0 Å². The minimum atomic E-state index is -0.660. The highest BCUT2D eigenvalue weighted by Gasteiger charge is 2.35. The van der Waals surface area contributed by atoms with E-state index in [4.69, 9.17) is 17.3 Å². The first-order valence-electron chi connectivity index (χ1n) is 5.42. The van der Waals surface area contributed by atoms with Crippen molar-refractivity contribution < 1.29 is 9.59 Å². The average Bonchev–Trinajstić information content (AvgIpc) is 2.54. The maximum Gasteiger partial charge on any atom is 0.246 e. The first-order valence-corrected chi connectivity index (χ1v) is 5.80. The third kappa shape index (κ3) is 2.65. The Morgan fingerprint density at radius 3 is 2.47 bits per heavy atom. The molecule has 1 aliphatic rings. The molecule has 0 spiro atoms. The molecule has 0 saturated carbocycles. The standard InChI is InChI=1S/C12H13ClN2O2/c13-9-3-1-8(2-4-9)5-6-15-11(16)7-10(14)12(15)17/h1-4,10H,5-7,14H2. The molecule has 0 radical (unpaired) electrons. The van der Waals surface area contributed by atoms with Gasteiger partial charge in [0, 0.05) is 11.6 Å². The molecule has 2 N–H and O–H groups in total. The van der Waals surface area contributed by atoms with Crippen LogP contribution in [0.2, 0.25) is 5.02 Å². The first-order chi connectivity index (χ1) is 8.08. The largest absolute Gasteiger partial charge is 0.319 e. The van der Waals surface area contributed by atoms with Crippen molar-refractivity contribution in [1.82, 2.24) is 4.90 Å². The molecule has 4 nitrogen and oxygen atoms in total. The zero-order chi connectivity index (χ0) is 12.4. The van der Waals surface area contributed by atoms with Crippen LogP contribution in [0, 0.1) is 0 Å². The number of hydrogen-bond donors (Lipinski definition) is 1. The van der Waals surface area contributed by atoms with Crippen molar-refractivity contribution in [3.63, 3.8) is 0 Å². The van der Waals surface area contributed by atoms with Gasteiger partial charge in [0.05, 0.1) is 12.5 Å². The molecule has 1 fully saturated rings. The van der Waals surface area contributed by atoms with Crippen LogP contribution < -0.4 is 5.73 Å². The first kappa shape index (κ1) is 12.1. The van der Waals surface area contributed by atoms with Gasteiger partial charge in [-0.1, -0.05) is 23.7 Å². The van der Waals surface area contributed by atoms with Gasteiger partial charge in [-0.3, -0.25) is 14.5 Å². The minimum absolute atomic E-state index is 0.124. The van der Waals surface area contributed by atoms with E-state index in [1.807, 2.05) is 12.1 Å². The van der Waals surface area contributed by atoms with Crippen LogP contribution in [-0.4, -0.2) is 29.3 Å². The molecule has 1 unspecified atom stereocenters. The van der Waals surface area contributed by atoms with Crippen molar-refractivity contribution in [2.45, 2.75) is 18.9 Å². The molecule has 1 aromatic carbocycles. The van der Waals surface area contributed by atoms with Gasteiger partial charge >= 0.3 is 0 Å². The summed E-state index contributed by atoms with van der Waals surface area (Å²) >= 11 is 5.77. The van der Waals surface area contributed by atoms with Gasteiger partial charge in [-0.15, -0.1) is 0 Å². The van der Waals surface area contributed by atoms with E-state index in [9.17, 15) is 9.59 Å². The molecule has 5 heteroatoms. The van der Waals surface area contributed by atoms with E-state index in [0.29, 0.717) is 18.0 Å². The fourth-order valence-corrected chi connectivity index (χ4v) is 1.96. The third-order valence-electron chi connectivity index (χ3n) is 2.82. The topological polar surface area (TPSA) is 63.4 Å². The number of halogens is 1. The Kier molecular flexibility index (Phi) is 3.45. The van der Waals surface area contributed by atoms with Crippen molar-refractivity contribution in [3.8, 4) is 0 Å². The van der Waals surface area contributed by atoms with Gasteiger partial charge < -0.3 is 5.73 Å². The van der Waals surface area contributed by atoms with E-state index in [0.717, 1.165) is 5.56 Å². The summed E-state index contributed by atoms with van der Waals surface area (Å²) in [6, 6.07) is 6.68. The zero-order valence-corrected chi connectivity index (χ0v) is 9.98. The Morgan fingerprint density at radius 2 is 1.94 bits per heavy atom. The van der Waals surface area contributed by atoms with Crippen molar-refractivity contribution in [2.75, 3.05) is 6.54 Å². The van der Waals surface area contributed by atoms with E-state index in [1.54, 1.807) is 12.1 Å². The lowest BCUT2D eigenvalue weighted by Crippen LogP contribution is -2.36. The minimum Gasteiger partial charge on any atom is -0.319 e. The van der Waals surface area contributed by atoms with Gasteiger partial charge in [0.1, 0.15) is 0 Å². The van der Waals surface area contributed by atoms with Crippen LogP contribution in [0.25, 0.3) is 0 Å². The van der Waals surface area contributed by atoms with Crippen LogP contribution in [0.3, 0.4) is 0 Å². The molecule has 1 atom stereocenters. The van der Waals surface area contributed by atoms with E-state index >= 15 is 0 Å². The summed E-state index contributed by atoms with van der Waals surface area (Å²) < 4.78 is 0. The predicted molar refractivity (Wildman–Crippen MR) is 64.5 cm³/mol. The van der Waals surface area contributed by atoms with Crippen molar-refractivity contribution in [1.29, 1.82) is 0 Å². The summed E-state index contributed by atoms with van der Waals surface area (Å²) in [6.07, 6.45) is 0.751. The quantitative estimate of drug-likeness (QED) is 0.816. The molecule has 0 aromatic heterocycles. The number of nitrogens with two attached hydrogens (primary N) is 1. The molecule has 1 heterocycles. The number of hydrogen-bond acceptors (Lipinski definition) is 3. The van der Waals surface area contributed by atoms with Crippen molar-refractivity contribution >= 4 is 23.4 Å². The lowest BCUT2D eigenvalue weighted by atomic mass is 10.1. The SMILES string of the molecule is NC1CC(=O)N(CCc2ccc(Cl)cc2)C1=O. The Balaban J connectivity index is 1.96. The number of imide groups is 1. The smallest absolute Gasteiger partial charge is 0.246 e. The van der Waals surface area contributed by atoms with E-state index in [1.165, 1.54) is 4.90 Å². The number of likely N-dealkylation sites (tertiary alicyclic amines) is 1. The number of carbonyl (C=O) groups is 2. The van der Waals surface area contributed by atoms with E-state index < -0.39 is 6.04 Å². The Labute approximate surface area is 104 Å². The highest BCUT2D eigenvalue weighted by atomic mass is 35.5. The molecule has 1 saturated heterocycles. The van der Waals surface area contributed by atoms with Gasteiger partial charge in [-0.25, -0.2) is 0 Å². The molecule has 1 aliphatic heterocycles. The fraction of sp³-hybridized carbons (Fsp3) is 0.333. The summed E-state index contributed by atoms with van der Waals surface area (Å²) in [6.45, 7) is 0.382. The summed E-state index contributed by atoms with van der Waals surface area (Å²) in [5, 5.41) is 0.670. The Morgan fingerprint density at radius 1 is 1.29 bits per heavy atom. The molecular formula is C12H13ClN2O2. The summed E-state index contributed by atoms with van der Waals surface area (Å²) in [4.78, 5) is 24.3. The fourth-order valence-electron chi connectivity index (χ4n) is 1.84. The van der Waals surface area contributed by atoms with Gasteiger partial charge in [-0.05, 0) is 24.1 Å². The van der Waals surface area contributed by atoms with Gasteiger partial charge in [0.15, 0.2) is 0 Å². The maximum absolute atomic E-state index is 11.6. The molecule has 17 heavy (non-hydrogen) atoms.